The van der Waals surface area contributed by atoms with E-state index in [2.05, 4.69) is 15.3 Å². The molecule has 2 aliphatic rings. The van der Waals surface area contributed by atoms with E-state index in [9.17, 15) is 13.6 Å². The van der Waals surface area contributed by atoms with Crippen molar-refractivity contribution in [1.82, 2.24) is 15.3 Å². The van der Waals surface area contributed by atoms with Gasteiger partial charge in [0.15, 0.2) is 11.6 Å². The standard InChI is InChI=1S/C24H23F2N3O3/c25-19-3-1-16(10-20(19)26)15-2-4-22-18(9-15)21(12-24(32-22)5-7-31-8-6-24)29-23(30)11-17-13-27-14-28-17/h1-4,9-10,13-14,21H,5-8,11-12H2,(H,27,28)(H,29,30). The maximum absolute atomic E-state index is 13.8. The fourth-order valence-corrected chi connectivity index (χ4v) is 4.50. The molecule has 0 radical (unpaired) electrons. The maximum atomic E-state index is 13.8. The zero-order chi connectivity index (χ0) is 22.1. The van der Waals surface area contributed by atoms with E-state index >= 15 is 0 Å². The van der Waals surface area contributed by atoms with Crippen LogP contribution in [0, 0.1) is 11.6 Å². The molecule has 8 heteroatoms. The molecule has 0 aliphatic carbocycles. The number of nitrogens with zero attached hydrogens (tertiary/aromatic N) is 1. The van der Waals surface area contributed by atoms with Gasteiger partial charge >= 0.3 is 0 Å². The van der Waals surface area contributed by atoms with Crippen LogP contribution in [0.25, 0.3) is 11.1 Å². The molecule has 5 rings (SSSR count). The van der Waals surface area contributed by atoms with Crippen LogP contribution in [0.1, 0.15) is 36.6 Å². The van der Waals surface area contributed by atoms with Gasteiger partial charge in [0.05, 0.1) is 32.0 Å². The van der Waals surface area contributed by atoms with Crippen molar-refractivity contribution in [3.8, 4) is 16.9 Å². The number of hydrogen-bond acceptors (Lipinski definition) is 4. The third-order valence-electron chi connectivity index (χ3n) is 6.19. The molecule has 1 unspecified atom stereocenters. The van der Waals surface area contributed by atoms with Gasteiger partial charge in [-0.25, -0.2) is 13.8 Å². The van der Waals surface area contributed by atoms with Crippen LogP contribution in [-0.2, 0) is 16.0 Å². The summed E-state index contributed by atoms with van der Waals surface area (Å²) in [7, 11) is 0. The number of hydrogen-bond donors (Lipinski definition) is 2. The number of imidazole rings is 1. The second-order valence-corrected chi connectivity index (χ2v) is 8.36. The summed E-state index contributed by atoms with van der Waals surface area (Å²) >= 11 is 0. The molecule has 166 valence electrons. The zero-order valence-electron chi connectivity index (χ0n) is 17.4. The second-order valence-electron chi connectivity index (χ2n) is 8.36. The van der Waals surface area contributed by atoms with E-state index in [1.54, 1.807) is 6.20 Å². The van der Waals surface area contributed by atoms with Gasteiger partial charge in [0.2, 0.25) is 5.91 Å². The lowest BCUT2D eigenvalue weighted by atomic mass is 9.81. The molecule has 2 aromatic carbocycles. The number of nitrogens with one attached hydrogen (secondary N) is 2. The Labute approximate surface area is 184 Å². The lowest BCUT2D eigenvalue weighted by molar-refractivity contribution is -0.122. The summed E-state index contributed by atoms with van der Waals surface area (Å²) in [6.45, 7) is 1.22. The summed E-state index contributed by atoms with van der Waals surface area (Å²) < 4.78 is 39.1. The van der Waals surface area contributed by atoms with Crippen LogP contribution < -0.4 is 10.1 Å². The van der Waals surface area contributed by atoms with Crippen molar-refractivity contribution < 1.29 is 23.0 Å². The summed E-state index contributed by atoms with van der Waals surface area (Å²) in [4.78, 5) is 19.7. The second kappa shape index (κ2) is 8.35. The van der Waals surface area contributed by atoms with Gasteiger partial charge < -0.3 is 19.8 Å². The normalized spacial score (nSPS) is 19.2. The third kappa shape index (κ3) is 4.10. The number of aromatic amines is 1. The number of halogens is 2. The van der Waals surface area contributed by atoms with Crippen molar-refractivity contribution in [2.75, 3.05) is 13.2 Å². The van der Waals surface area contributed by atoms with Gasteiger partial charge in [-0.2, -0.15) is 0 Å². The predicted octanol–water partition coefficient (Wildman–Crippen LogP) is 4.09. The Morgan fingerprint density at radius 3 is 2.66 bits per heavy atom. The number of benzene rings is 2. The van der Waals surface area contributed by atoms with Crippen LogP contribution in [0.2, 0.25) is 0 Å². The van der Waals surface area contributed by atoms with Crippen molar-refractivity contribution in [3.63, 3.8) is 0 Å². The molecule has 6 nitrogen and oxygen atoms in total. The Balaban J connectivity index is 1.47. The van der Waals surface area contributed by atoms with Gasteiger partial charge in [0.25, 0.3) is 0 Å². The molecule has 1 saturated heterocycles. The van der Waals surface area contributed by atoms with E-state index in [1.165, 1.54) is 18.5 Å². The molecule has 3 heterocycles. The number of amides is 1. The fraction of sp³-hybridized carbons (Fsp3) is 0.333. The smallest absolute Gasteiger partial charge is 0.226 e. The Hall–Kier alpha value is -3.26. The molecule has 1 fully saturated rings. The van der Waals surface area contributed by atoms with Gasteiger partial charge in [-0.05, 0) is 35.4 Å². The first-order valence-corrected chi connectivity index (χ1v) is 10.6. The summed E-state index contributed by atoms with van der Waals surface area (Å²) in [5.74, 6) is -1.23. The fourth-order valence-electron chi connectivity index (χ4n) is 4.50. The first kappa shape index (κ1) is 20.6. The van der Waals surface area contributed by atoms with Gasteiger partial charge in [0.1, 0.15) is 11.4 Å². The van der Waals surface area contributed by atoms with E-state index in [0.717, 1.165) is 35.7 Å². The summed E-state index contributed by atoms with van der Waals surface area (Å²) in [6.07, 6.45) is 5.44. The molecule has 32 heavy (non-hydrogen) atoms. The SMILES string of the molecule is O=C(Cc1cnc[nH]1)NC1CC2(CCOCC2)Oc2ccc(-c3ccc(F)c(F)c3)cc21. The van der Waals surface area contributed by atoms with Crippen molar-refractivity contribution in [3.05, 3.63) is 71.8 Å². The van der Waals surface area contributed by atoms with Crippen molar-refractivity contribution in [1.29, 1.82) is 0 Å². The highest BCUT2D eigenvalue weighted by Crippen LogP contribution is 2.45. The quantitative estimate of drug-likeness (QED) is 0.642. The van der Waals surface area contributed by atoms with E-state index < -0.39 is 17.2 Å². The minimum absolute atomic E-state index is 0.132. The van der Waals surface area contributed by atoms with Crippen LogP contribution in [0.3, 0.4) is 0 Å². The van der Waals surface area contributed by atoms with Crippen LogP contribution in [0.5, 0.6) is 5.75 Å². The van der Waals surface area contributed by atoms with Crippen LogP contribution in [-0.4, -0.2) is 34.7 Å². The van der Waals surface area contributed by atoms with Crippen molar-refractivity contribution in [2.24, 2.45) is 0 Å². The molecule has 0 bridgehead atoms. The Morgan fingerprint density at radius 2 is 1.91 bits per heavy atom. The molecule has 3 aromatic rings. The molecule has 2 N–H and O–H groups in total. The van der Waals surface area contributed by atoms with Gasteiger partial charge in [0, 0.05) is 36.7 Å². The molecular weight excluding hydrogens is 416 g/mol. The summed E-state index contributed by atoms with van der Waals surface area (Å²) in [6, 6.07) is 9.10. The number of aromatic nitrogens is 2. The largest absolute Gasteiger partial charge is 0.487 e. The minimum atomic E-state index is -0.901. The number of carbonyl (C=O) groups is 1. The van der Waals surface area contributed by atoms with Crippen LogP contribution in [0.4, 0.5) is 8.78 Å². The Morgan fingerprint density at radius 1 is 1.12 bits per heavy atom. The molecule has 1 spiro atoms. The lowest BCUT2D eigenvalue weighted by Crippen LogP contribution is -2.48. The molecule has 1 atom stereocenters. The van der Waals surface area contributed by atoms with E-state index in [4.69, 9.17) is 9.47 Å². The highest BCUT2D eigenvalue weighted by atomic mass is 19.2. The average molecular weight is 439 g/mol. The zero-order valence-corrected chi connectivity index (χ0v) is 17.4. The summed E-state index contributed by atoms with van der Waals surface area (Å²) in [5.41, 5.74) is 2.43. The first-order valence-electron chi connectivity index (χ1n) is 10.6. The van der Waals surface area contributed by atoms with E-state index in [1.807, 2.05) is 18.2 Å². The third-order valence-corrected chi connectivity index (χ3v) is 6.19. The number of ether oxygens (including phenoxy) is 2. The molecular formula is C24H23F2N3O3. The number of H-pyrrole nitrogens is 1. The maximum Gasteiger partial charge on any atom is 0.226 e. The van der Waals surface area contributed by atoms with E-state index in [0.29, 0.717) is 30.9 Å². The van der Waals surface area contributed by atoms with Crippen molar-refractivity contribution in [2.45, 2.75) is 37.3 Å². The molecule has 0 saturated carbocycles. The monoisotopic (exact) mass is 439 g/mol. The van der Waals surface area contributed by atoms with Crippen molar-refractivity contribution >= 4 is 5.91 Å². The number of carbonyl (C=O) groups excluding carboxylic acids is 1. The highest BCUT2D eigenvalue weighted by molar-refractivity contribution is 5.79. The van der Waals surface area contributed by atoms with Gasteiger partial charge in [-0.3, -0.25) is 4.79 Å². The number of fused-ring (bicyclic) bond motifs is 1. The molecule has 1 aromatic heterocycles. The first-order chi connectivity index (χ1) is 15.5. The Kier molecular flexibility index (Phi) is 5.38. The lowest BCUT2D eigenvalue weighted by Gasteiger charge is -2.44. The number of rotatable bonds is 4. The molecule has 1 amide bonds. The predicted molar refractivity (Wildman–Crippen MR) is 113 cm³/mol. The summed E-state index contributed by atoms with van der Waals surface area (Å²) in [5, 5.41) is 3.14. The topological polar surface area (TPSA) is 76.2 Å². The Bertz CT molecular complexity index is 1130. The molecule has 2 aliphatic heterocycles. The van der Waals surface area contributed by atoms with Crippen LogP contribution in [0.15, 0.2) is 48.9 Å². The highest BCUT2D eigenvalue weighted by Gasteiger charge is 2.42. The van der Waals surface area contributed by atoms with E-state index in [-0.39, 0.29) is 18.4 Å². The van der Waals surface area contributed by atoms with Crippen LogP contribution >= 0.6 is 0 Å². The minimum Gasteiger partial charge on any atom is -0.487 e. The van der Waals surface area contributed by atoms with Gasteiger partial charge in [-0.1, -0.05) is 12.1 Å². The average Bonchev–Trinajstić information content (AvgIpc) is 3.29. The van der Waals surface area contributed by atoms with Gasteiger partial charge in [-0.15, -0.1) is 0 Å².